The number of hydrogen-bond acceptors (Lipinski definition) is 5. The highest BCUT2D eigenvalue weighted by molar-refractivity contribution is 7.14. The topological polar surface area (TPSA) is 72.7 Å². The van der Waals surface area contributed by atoms with Crippen LogP contribution in [0.15, 0.2) is 66.2 Å². The van der Waals surface area contributed by atoms with Crippen molar-refractivity contribution in [3.63, 3.8) is 0 Å². The molecule has 6 rings (SSSR count). The number of anilines is 1. The molecule has 162 valence electrons. The second-order valence-corrected chi connectivity index (χ2v) is 8.71. The summed E-state index contributed by atoms with van der Waals surface area (Å²) in [7, 11) is 0. The summed E-state index contributed by atoms with van der Waals surface area (Å²) in [5.41, 5.74) is 3.40. The van der Waals surface area contributed by atoms with Crippen LogP contribution >= 0.6 is 11.3 Å². The molecule has 0 saturated heterocycles. The lowest BCUT2D eigenvalue weighted by Crippen LogP contribution is -2.14. The molecule has 0 unspecified atom stereocenters. The lowest BCUT2D eigenvalue weighted by molar-refractivity contribution is 0.102. The largest absolute Gasteiger partial charge is 0.298 e. The molecule has 0 saturated carbocycles. The van der Waals surface area contributed by atoms with Crippen molar-refractivity contribution in [1.29, 1.82) is 0 Å². The molecule has 0 bridgehead atoms. The van der Waals surface area contributed by atoms with Crippen molar-refractivity contribution in [3.8, 4) is 22.6 Å². The highest BCUT2D eigenvalue weighted by atomic mass is 32.1. The summed E-state index contributed by atoms with van der Waals surface area (Å²) in [6, 6.07) is 16.3. The Morgan fingerprint density at radius 1 is 1.06 bits per heavy atom. The van der Waals surface area contributed by atoms with Crippen molar-refractivity contribution >= 4 is 33.1 Å². The number of halogens is 1. The van der Waals surface area contributed by atoms with Crippen LogP contribution in [0.25, 0.3) is 33.4 Å². The number of aryl methyl sites for hydroxylation is 1. The van der Waals surface area contributed by atoms with Crippen LogP contribution in [0, 0.1) is 5.82 Å². The quantitative estimate of drug-likeness (QED) is 0.385. The number of amides is 1. The van der Waals surface area contributed by atoms with E-state index in [2.05, 4.69) is 20.4 Å². The van der Waals surface area contributed by atoms with E-state index < -0.39 is 5.82 Å². The fourth-order valence-corrected chi connectivity index (χ4v) is 5.03. The van der Waals surface area contributed by atoms with E-state index in [0.717, 1.165) is 41.5 Å². The van der Waals surface area contributed by atoms with Crippen LogP contribution in [0.3, 0.4) is 0 Å². The Kier molecular flexibility index (Phi) is 4.73. The van der Waals surface area contributed by atoms with Crippen LogP contribution in [-0.4, -0.2) is 25.7 Å². The van der Waals surface area contributed by atoms with Crippen LogP contribution in [0.5, 0.6) is 0 Å². The number of carbonyl (C=O) groups excluding carboxylic acids is 1. The Balaban J connectivity index is 1.36. The van der Waals surface area contributed by atoms with E-state index in [9.17, 15) is 9.18 Å². The van der Waals surface area contributed by atoms with E-state index >= 15 is 0 Å². The molecule has 4 heterocycles. The highest BCUT2D eigenvalue weighted by Crippen LogP contribution is 2.33. The maximum absolute atomic E-state index is 14.5. The second-order valence-electron chi connectivity index (χ2n) is 7.85. The van der Waals surface area contributed by atoms with E-state index in [4.69, 9.17) is 0 Å². The van der Waals surface area contributed by atoms with Gasteiger partial charge in [-0.05, 0) is 36.4 Å². The molecule has 5 aromatic rings. The maximum Gasteiger partial charge on any atom is 0.261 e. The minimum atomic E-state index is -0.401. The first-order valence-electron chi connectivity index (χ1n) is 10.6. The van der Waals surface area contributed by atoms with Gasteiger partial charge in [0.25, 0.3) is 5.91 Å². The van der Waals surface area contributed by atoms with Crippen molar-refractivity contribution in [3.05, 3.63) is 83.2 Å². The van der Waals surface area contributed by atoms with Gasteiger partial charge in [-0.2, -0.15) is 5.10 Å². The second kappa shape index (κ2) is 7.90. The summed E-state index contributed by atoms with van der Waals surface area (Å²) in [5, 5.41) is 11.9. The zero-order chi connectivity index (χ0) is 22.4. The molecule has 1 aliphatic heterocycles. The van der Waals surface area contributed by atoms with E-state index in [1.165, 1.54) is 17.4 Å². The van der Waals surface area contributed by atoms with Crippen molar-refractivity contribution in [2.45, 2.75) is 19.4 Å². The molecular weight excluding hydrogens is 437 g/mol. The number of aromatic nitrogens is 4. The smallest absolute Gasteiger partial charge is 0.261 e. The third kappa shape index (κ3) is 3.39. The molecule has 0 radical (unpaired) electrons. The van der Waals surface area contributed by atoms with Gasteiger partial charge in [0.15, 0.2) is 5.13 Å². The number of nitrogens with one attached hydrogen (secondary N) is 1. The summed E-state index contributed by atoms with van der Waals surface area (Å²) in [4.78, 5) is 22.5. The maximum atomic E-state index is 14.5. The average Bonchev–Trinajstić information content (AvgIpc) is 3.55. The summed E-state index contributed by atoms with van der Waals surface area (Å²) in [5.74, 6) is -0.731. The molecular formula is C25H18FN5OS. The predicted octanol–water partition coefficient (Wildman–Crippen LogP) is 5.56. The van der Waals surface area contributed by atoms with E-state index in [0.29, 0.717) is 27.6 Å². The van der Waals surface area contributed by atoms with Crippen LogP contribution in [-0.2, 0) is 13.0 Å². The standard InChI is InChI=1S/C25H18FN5OS/c26-18-9-4-3-8-17(18)23-21(20-10-5-13-31(20)30-23)24(32)29-25-28-19(14-33-25)22-16-7-2-1-6-15(16)11-12-27-22/h1-4,6-9,11-12,14H,5,10,13H2,(H,28,29,32). The normalized spacial score (nSPS) is 12.8. The molecule has 1 amide bonds. The summed E-state index contributed by atoms with van der Waals surface area (Å²) >= 11 is 1.33. The molecule has 2 aromatic carbocycles. The van der Waals surface area contributed by atoms with Gasteiger partial charge in [-0.25, -0.2) is 9.37 Å². The zero-order valence-corrected chi connectivity index (χ0v) is 18.3. The van der Waals surface area contributed by atoms with Crippen LogP contribution in [0.1, 0.15) is 22.5 Å². The molecule has 1 N–H and O–H groups in total. The Labute approximate surface area is 192 Å². The Hall–Kier alpha value is -3.91. The molecule has 1 aliphatic rings. The molecule has 8 heteroatoms. The minimum absolute atomic E-state index is 0.323. The molecule has 33 heavy (non-hydrogen) atoms. The Bertz CT molecular complexity index is 1520. The number of thiazole rings is 1. The number of pyridine rings is 1. The fourth-order valence-electron chi connectivity index (χ4n) is 4.34. The highest BCUT2D eigenvalue weighted by Gasteiger charge is 2.29. The van der Waals surface area contributed by atoms with Crippen molar-refractivity contribution < 1.29 is 9.18 Å². The SMILES string of the molecule is O=C(Nc1nc(-c2nccc3ccccc23)cs1)c1c(-c2ccccc2F)nn2c1CCC2. The summed E-state index contributed by atoms with van der Waals surface area (Å²) in [6.07, 6.45) is 3.40. The third-order valence-corrected chi connectivity index (χ3v) is 6.60. The molecule has 0 fully saturated rings. The van der Waals surface area contributed by atoms with Crippen LogP contribution < -0.4 is 5.32 Å². The third-order valence-electron chi connectivity index (χ3n) is 5.84. The summed E-state index contributed by atoms with van der Waals surface area (Å²) < 4.78 is 16.3. The van der Waals surface area contributed by atoms with E-state index in [1.807, 2.05) is 40.4 Å². The van der Waals surface area contributed by atoms with E-state index in [1.54, 1.807) is 24.4 Å². The predicted molar refractivity (Wildman–Crippen MR) is 127 cm³/mol. The average molecular weight is 456 g/mol. The first-order chi connectivity index (χ1) is 16.2. The van der Waals surface area contributed by atoms with E-state index in [-0.39, 0.29) is 5.91 Å². The van der Waals surface area contributed by atoms with Crippen molar-refractivity contribution in [2.24, 2.45) is 0 Å². The minimum Gasteiger partial charge on any atom is -0.298 e. The Morgan fingerprint density at radius 3 is 2.82 bits per heavy atom. The van der Waals surface area contributed by atoms with Gasteiger partial charge in [-0.15, -0.1) is 11.3 Å². The van der Waals surface area contributed by atoms with Gasteiger partial charge in [0.2, 0.25) is 0 Å². The van der Waals surface area contributed by atoms with Gasteiger partial charge in [-0.3, -0.25) is 19.8 Å². The van der Waals surface area contributed by atoms with Gasteiger partial charge in [-0.1, -0.05) is 36.4 Å². The van der Waals surface area contributed by atoms with Gasteiger partial charge in [0.05, 0.1) is 17.0 Å². The van der Waals surface area contributed by atoms with Crippen molar-refractivity contribution in [2.75, 3.05) is 5.32 Å². The molecule has 0 aliphatic carbocycles. The number of nitrogens with zero attached hydrogens (tertiary/aromatic N) is 4. The van der Waals surface area contributed by atoms with Crippen LogP contribution in [0.2, 0.25) is 0 Å². The molecule has 0 atom stereocenters. The fraction of sp³-hybridized carbons (Fsp3) is 0.120. The lowest BCUT2D eigenvalue weighted by Gasteiger charge is -2.06. The number of hydrogen-bond donors (Lipinski definition) is 1. The van der Waals surface area contributed by atoms with Gasteiger partial charge < -0.3 is 0 Å². The van der Waals surface area contributed by atoms with Gasteiger partial charge in [0, 0.05) is 29.1 Å². The van der Waals surface area contributed by atoms with Crippen LogP contribution in [0.4, 0.5) is 9.52 Å². The zero-order valence-electron chi connectivity index (χ0n) is 17.5. The number of rotatable bonds is 4. The molecule has 3 aromatic heterocycles. The Morgan fingerprint density at radius 2 is 1.91 bits per heavy atom. The number of benzene rings is 2. The molecule has 6 nitrogen and oxygen atoms in total. The van der Waals surface area contributed by atoms with Gasteiger partial charge in [0.1, 0.15) is 17.2 Å². The first-order valence-corrected chi connectivity index (χ1v) is 11.5. The van der Waals surface area contributed by atoms with Gasteiger partial charge >= 0.3 is 0 Å². The lowest BCUT2D eigenvalue weighted by atomic mass is 10.0. The van der Waals surface area contributed by atoms with Crippen molar-refractivity contribution in [1.82, 2.24) is 19.7 Å². The summed E-state index contributed by atoms with van der Waals surface area (Å²) in [6.45, 7) is 0.720. The monoisotopic (exact) mass is 455 g/mol. The molecule has 0 spiro atoms. The number of carbonyl (C=O) groups is 1. The number of fused-ring (bicyclic) bond motifs is 2. The first kappa shape index (κ1) is 19.8.